The van der Waals surface area contributed by atoms with Crippen LogP contribution >= 0.6 is 34.8 Å². The summed E-state index contributed by atoms with van der Waals surface area (Å²) in [5, 5.41) is 14.6. The fourth-order valence-electron chi connectivity index (χ4n) is 2.33. The molecule has 0 spiro atoms. The second kappa shape index (κ2) is 8.17. The molecule has 1 heterocycles. The molecule has 12 heteroatoms. The third-order valence-corrected chi connectivity index (χ3v) is 4.67. The average Bonchev–Trinajstić information content (AvgIpc) is 3.13. The molecule has 29 heavy (non-hydrogen) atoms. The average molecular weight is 465 g/mol. The molecule has 0 fully saturated rings. The molecule has 3 rings (SSSR count). The Morgan fingerprint density at radius 1 is 1.14 bits per heavy atom. The van der Waals surface area contributed by atoms with Crippen molar-refractivity contribution < 1.29 is 18.0 Å². The Balaban J connectivity index is 1.81. The van der Waals surface area contributed by atoms with E-state index in [1.165, 1.54) is 31.2 Å². The van der Waals surface area contributed by atoms with E-state index in [1.807, 2.05) is 0 Å². The number of anilines is 1. The van der Waals surface area contributed by atoms with Gasteiger partial charge in [-0.25, -0.2) is 0 Å². The quantitative estimate of drug-likeness (QED) is 0.552. The van der Waals surface area contributed by atoms with E-state index < -0.39 is 23.7 Å². The Hall–Kier alpha value is -2.36. The number of rotatable bonds is 4. The number of nitrogens with zero attached hydrogens (tertiary/aromatic N) is 4. The molecule has 1 atom stereocenters. The zero-order valence-corrected chi connectivity index (χ0v) is 16.8. The van der Waals surface area contributed by atoms with Gasteiger partial charge in [-0.15, -0.1) is 10.2 Å². The number of halogens is 6. The maximum Gasteiger partial charge on any atom is 0.416 e. The summed E-state index contributed by atoms with van der Waals surface area (Å²) in [7, 11) is 0. The Bertz CT molecular complexity index is 1050. The number of hydrogen-bond acceptors (Lipinski definition) is 4. The van der Waals surface area contributed by atoms with Gasteiger partial charge in [0.15, 0.2) is 0 Å². The van der Waals surface area contributed by atoms with Crippen LogP contribution in [0.25, 0.3) is 11.4 Å². The molecule has 0 bridgehead atoms. The molecule has 0 aliphatic rings. The predicted molar refractivity (Wildman–Crippen MR) is 103 cm³/mol. The van der Waals surface area contributed by atoms with E-state index in [4.69, 9.17) is 34.8 Å². The van der Waals surface area contributed by atoms with Crippen molar-refractivity contribution in [1.29, 1.82) is 0 Å². The fourth-order valence-corrected chi connectivity index (χ4v) is 3.24. The molecule has 1 N–H and O–H groups in total. The molecular formula is C17H11Cl3F3N5O. The Kier molecular flexibility index (Phi) is 6.02. The van der Waals surface area contributed by atoms with Crippen molar-refractivity contribution in [1.82, 2.24) is 20.2 Å². The van der Waals surface area contributed by atoms with Crippen molar-refractivity contribution in [3.8, 4) is 11.4 Å². The normalized spacial score (nSPS) is 12.7. The molecule has 0 aliphatic carbocycles. The number of amides is 1. The number of carbonyl (C=O) groups excluding carboxylic acids is 1. The minimum Gasteiger partial charge on any atom is -0.322 e. The van der Waals surface area contributed by atoms with E-state index in [0.717, 1.165) is 16.9 Å². The van der Waals surface area contributed by atoms with Gasteiger partial charge < -0.3 is 5.32 Å². The number of benzene rings is 2. The predicted octanol–water partition coefficient (Wildman–Crippen LogP) is 5.52. The van der Waals surface area contributed by atoms with Crippen molar-refractivity contribution in [2.75, 3.05) is 5.32 Å². The van der Waals surface area contributed by atoms with E-state index in [1.54, 1.807) is 0 Å². The monoisotopic (exact) mass is 463 g/mol. The molecule has 0 radical (unpaired) electrons. The van der Waals surface area contributed by atoms with Crippen molar-refractivity contribution in [3.05, 3.63) is 57.0 Å². The van der Waals surface area contributed by atoms with Crippen LogP contribution in [0.2, 0.25) is 15.1 Å². The van der Waals surface area contributed by atoms with Gasteiger partial charge in [-0.05, 0) is 36.4 Å². The van der Waals surface area contributed by atoms with E-state index in [9.17, 15) is 18.0 Å². The topological polar surface area (TPSA) is 72.7 Å². The standard InChI is InChI=1S/C17H11Cl3F3N5O/c1-8(16(29)24-14-12(19)6-11(18)7-13(14)20)28-26-15(25-27-28)9-3-2-4-10(5-9)17(21,22)23/h2-8H,1H3,(H,24,29)/t8-/m0/s1. The van der Waals surface area contributed by atoms with Gasteiger partial charge in [-0.3, -0.25) is 4.79 Å². The van der Waals surface area contributed by atoms with Gasteiger partial charge in [0.2, 0.25) is 5.82 Å². The van der Waals surface area contributed by atoms with Crippen LogP contribution in [-0.2, 0) is 11.0 Å². The Morgan fingerprint density at radius 2 is 1.79 bits per heavy atom. The lowest BCUT2D eigenvalue weighted by atomic mass is 10.1. The van der Waals surface area contributed by atoms with Crippen LogP contribution in [0, 0.1) is 0 Å². The molecule has 1 aromatic heterocycles. The highest BCUT2D eigenvalue weighted by molar-refractivity contribution is 6.42. The van der Waals surface area contributed by atoms with Crippen LogP contribution in [0.5, 0.6) is 0 Å². The number of carbonyl (C=O) groups is 1. The van der Waals surface area contributed by atoms with Crippen LogP contribution in [-0.4, -0.2) is 26.1 Å². The highest BCUT2D eigenvalue weighted by Gasteiger charge is 2.31. The molecule has 1 amide bonds. The molecule has 3 aromatic rings. The Labute approximate surface area is 177 Å². The lowest BCUT2D eigenvalue weighted by molar-refractivity contribution is -0.137. The summed E-state index contributed by atoms with van der Waals surface area (Å²) in [6, 6.07) is 6.35. The van der Waals surface area contributed by atoms with Gasteiger partial charge in [0.1, 0.15) is 6.04 Å². The largest absolute Gasteiger partial charge is 0.416 e. The minimum absolute atomic E-state index is 0.0571. The highest BCUT2D eigenvalue weighted by atomic mass is 35.5. The maximum absolute atomic E-state index is 12.9. The number of aromatic nitrogens is 4. The van der Waals surface area contributed by atoms with Gasteiger partial charge >= 0.3 is 6.18 Å². The van der Waals surface area contributed by atoms with Crippen molar-refractivity contribution in [2.24, 2.45) is 0 Å². The molecule has 0 saturated heterocycles. The smallest absolute Gasteiger partial charge is 0.322 e. The van der Waals surface area contributed by atoms with Gasteiger partial charge in [0.05, 0.1) is 21.3 Å². The van der Waals surface area contributed by atoms with Crippen LogP contribution in [0.4, 0.5) is 18.9 Å². The number of hydrogen-bond donors (Lipinski definition) is 1. The van der Waals surface area contributed by atoms with Gasteiger partial charge in [-0.2, -0.15) is 18.0 Å². The van der Waals surface area contributed by atoms with Crippen molar-refractivity contribution >= 4 is 46.4 Å². The van der Waals surface area contributed by atoms with Crippen LogP contribution in [0.1, 0.15) is 18.5 Å². The first-order chi connectivity index (χ1) is 13.6. The second-order valence-electron chi connectivity index (χ2n) is 5.92. The summed E-state index contributed by atoms with van der Waals surface area (Å²) in [5.74, 6) is -0.623. The van der Waals surface area contributed by atoms with E-state index in [2.05, 4.69) is 20.7 Å². The van der Waals surface area contributed by atoms with Gasteiger partial charge in [0, 0.05) is 10.6 Å². The minimum atomic E-state index is -4.50. The first-order valence-electron chi connectivity index (χ1n) is 7.99. The first-order valence-corrected chi connectivity index (χ1v) is 9.12. The molecule has 0 aliphatic heterocycles. The lowest BCUT2D eigenvalue weighted by Gasteiger charge is -2.13. The SMILES string of the molecule is C[C@@H](C(=O)Nc1c(Cl)cc(Cl)cc1Cl)n1nnc(-c2cccc(C(F)(F)F)c2)n1. The molecule has 2 aromatic carbocycles. The highest BCUT2D eigenvalue weighted by Crippen LogP contribution is 2.34. The third kappa shape index (κ3) is 4.80. The molecule has 0 unspecified atom stereocenters. The summed E-state index contributed by atoms with van der Waals surface area (Å²) in [5.41, 5.74) is -0.570. The van der Waals surface area contributed by atoms with Crippen molar-refractivity contribution in [3.63, 3.8) is 0 Å². The summed E-state index contributed by atoms with van der Waals surface area (Å²) in [6.07, 6.45) is -4.50. The van der Waals surface area contributed by atoms with Crippen LogP contribution in [0.3, 0.4) is 0 Å². The maximum atomic E-state index is 12.9. The van der Waals surface area contributed by atoms with E-state index in [0.29, 0.717) is 5.02 Å². The van der Waals surface area contributed by atoms with Crippen molar-refractivity contribution in [2.45, 2.75) is 19.1 Å². The number of alkyl halides is 3. The van der Waals surface area contributed by atoms with Gasteiger partial charge in [-0.1, -0.05) is 46.9 Å². The van der Waals surface area contributed by atoms with Crippen LogP contribution in [0.15, 0.2) is 36.4 Å². The molecular weight excluding hydrogens is 454 g/mol. The summed E-state index contributed by atoms with van der Waals surface area (Å²) >= 11 is 17.9. The lowest BCUT2D eigenvalue weighted by Crippen LogP contribution is -2.25. The fraction of sp³-hybridized carbons (Fsp3) is 0.176. The summed E-state index contributed by atoms with van der Waals surface area (Å²) in [4.78, 5) is 13.5. The van der Waals surface area contributed by atoms with Crippen LogP contribution < -0.4 is 5.32 Å². The molecule has 152 valence electrons. The number of nitrogens with one attached hydrogen (secondary N) is 1. The second-order valence-corrected chi connectivity index (χ2v) is 7.17. The zero-order chi connectivity index (χ0) is 21.3. The van der Waals surface area contributed by atoms with E-state index >= 15 is 0 Å². The summed E-state index contributed by atoms with van der Waals surface area (Å²) in [6.45, 7) is 1.48. The summed E-state index contributed by atoms with van der Waals surface area (Å²) < 4.78 is 38.6. The van der Waals surface area contributed by atoms with Gasteiger partial charge in [0.25, 0.3) is 5.91 Å². The third-order valence-electron chi connectivity index (χ3n) is 3.86. The zero-order valence-electron chi connectivity index (χ0n) is 14.5. The first kappa shape index (κ1) is 21.4. The molecule has 0 saturated carbocycles. The Morgan fingerprint density at radius 3 is 2.41 bits per heavy atom. The number of tetrazole rings is 1. The van der Waals surface area contributed by atoms with E-state index in [-0.39, 0.29) is 27.1 Å². The molecule has 6 nitrogen and oxygen atoms in total.